The predicted octanol–water partition coefficient (Wildman–Crippen LogP) is 5.09. The quantitative estimate of drug-likeness (QED) is 0.597. The molecule has 1 atom stereocenters. The number of halogens is 1. The first-order chi connectivity index (χ1) is 14.7. The van der Waals surface area contributed by atoms with E-state index < -0.39 is 11.5 Å². The first-order valence-electron chi connectivity index (χ1n) is 11.8. The van der Waals surface area contributed by atoms with Gasteiger partial charge in [-0.25, -0.2) is 0 Å². The van der Waals surface area contributed by atoms with Gasteiger partial charge in [-0.05, 0) is 94.6 Å². The zero-order chi connectivity index (χ0) is 22.6. The highest BCUT2D eigenvalue weighted by molar-refractivity contribution is 6.30. The van der Waals surface area contributed by atoms with Crippen molar-refractivity contribution in [1.82, 2.24) is 9.80 Å². The Labute approximate surface area is 192 Å². The van der Waals surface area contributed by atoms with Crippen molar-refractivity contribution in [3.05, 3.63) is 28.8 Å². The lowest BCUT2D eigenvalue weighted by Gasteiger charge is -2.44. The molecule has 0 unspecified atom stereocenters. The van der Waals surface area contributed by atoms with Crippen LogP contribution in [0.2, 0.25) is 5.02 Å². The Hall–Kier alpha value is -1.30. The van der Waals surface area contributed by atoms with Crippen LogP contribution in [0.15, 0.2) is 18.2 Å². The zero-order valence-electron chi connectivity index (χ0n) is 19.6. The van der Waals surface area contributed by atoms with Crippen LogP contribution in [-0.2, 0) is 4.79 Å². The van der Waals surface area contributed by atoms with E-state index in [1.165, 1.54) is 0 Å². The molecule has 2 heterocycles. The van der Waals surface area contributed by atoms with Crippen molar-refractivity contribution in [1.29, 1.82) is 0 Å². The topological polar surface area (TPSA) is 53.0 Å². The van der Waals surface area contributed by atoms with Crippen molar-refractivity contribution < 1.29 is 14.6 Å². The number of benzene rings is 1. The van der Waals surface area contributed by atoms with Gasteiger partial charge in [-0.2, -0.15) is 0 Å². The number of carboxylic acid groups (broad SMARTS) is 1. The number of hydrogen-bond donors (Lipinski definition) is 1. The molecule has 0 aromatic heterocycles. The number of nitrogens with zero attached hydrogens (tertiary/aromatic N) is 2. The van der Waals surface area contributed by atoms with Gasteiger partial charge in [0.1, 0.15) is 17.4 Å². The van der Waals surface area contributed by atoms with E-state index in [1.807, 2.05) is 32.0 Å². The van der Waals surface area contributed by atoms with Crippen molar-refractivity contribution in [2.75, 3.05) is 32.7 Å². The summed E-state index contributed by atoms with van der Waals surface area (Å²) in [5.41, 5.74) is 0.349. The van der Waals surface area contributed by atoms with Gasteiger partial charge in [-0.15, -0.1) is 0 Å². The highest BCUT2D eigenvalue weighted by Gasteiger charge is 2.41. The fourth-order valence-electron chi connectivity index (χ4n) is 5.26. The molecule has 1 aromatic rings. The minimum Gasteiger partial charge on any atom is -0.490 e. The maximum Gasteiger partial charge on any atom is 0.323 e. The number of carbonyl (C=O) groups is 1. The molecule has 0 amide bonds. The van der Waals surface area contributed by atoms with Gasteiger partial charge >= 0.3 is 5.97 Å². The van der Waals surface area contributed by atoms with Crippen LogP contribution >= 0.6 is 11.6 Å². The molecule has 174 valence electrons. The third-order valence-corrected chi connectivity index (χ3v) is 7.30. The fourth-order valence-corrected chi connectivity index (χ4v) is 5.48. The van der Waals surface area contributed by atoms with Crippen LogP contribution < -0.4 is 4.74 Å². The molecule has 31 heavy (non-hydrogen) atoms. The number of hydrogen-bond acceptors (Lipinski definition) is 4. The van der Waals surface area contributed by atoms with Gasteiger partial charge in [-0.3, -0.25) is 9.69 Å². The number of aryl methyl sites for hydroxylation is 1. The summed E-state index contributed by atoms with van der Waals surface area (Å²) in [5, 5.41) is 10.6. The summed E-state index contributed by atoms with van der Waals surface area (Å²) in [6, 6.07) is 5.82. The van der Waals surface area contributed by atoms with Crippen molar-refractivity contribution in [3.63, 3.8) is 0 Å². The van der Waals surface area contributed by atoms with E-state index in [2.05, 4.69) is 23.6 Å². The third kappa shape index (κ3) is 6.36. The fraction of sp³-hybridized carbons (Fsp3) is 0.720. The lowest BCUT2D eigenvalue weighted by molar-refractivity contribution is -0.153. The second-order valence-electron chi connectivity index (χ2n) is 10.1. The van der Waals surface area contributed by atoms with Gasteiger partial charge < -0.3 is 14.7 Å². The molecule has 6 heteroatoms. The van der Waals surface area contributed by atoms with Gasteiger partial charge in [0.05, 0.1) is 0 Å². The molecule has 0 spiro atoms. The molecular weight excluding hydrogens is 412 g/mol. The Morgan fingerprint density at radius 1 is 1.19 bits per heavy atom. The molecule has 1 aromatic carbocycles. The molecule has 2 fully saturated rings. The standard InChI is InChI=1S/C25H39ClN2O3/c1-18(2)16-25(4,24(29)30)28-13-7-20(8-14-28)17-27-11-9-22(10-12-27)31-23-6-5-21(26)15-19(23)3/h5-6,15,18,20,22H,7-14,16-17H2,1-4H3,(H,29,30)/t25-/m0/s1. The number of ether oxygens (including phenoxy) is 1. The van der Waals surface area contributed by atoms with E-state index in [0.717, 1.165) is 74.7 Å². The SMILES string of the molecule is Cc1cc(Cl)ccc1OC1CCN(CC2CCN([C@@](C)(CC(C)C)C(=O)O)CC2)CC1. The summed E-state index contributed by atoms with van der Waals surface area (Å²) in [5.74, 6) is 1.29. The smallest absolute Gasteiger partial charge is 0.323 e. The summed E-state index contributed by atoms with van der Waals surface area (Å²) in [7, 11) is 0. The predicted molar refractivity (Wildman–Crippen MR) is 126 cm³/mol. The molecular formula is C25H39ClN2O3. The summed E-state index contributed by atoms with van der Waals surface area (Å²) in [4.78, 5) is 16.8. The maximum absolute atomic E-state index is 12.0. The van der Waals surface area contributed by atoms with E-state index in [4.69, 9.17) is 16.3 Å². The lowest BCUT2D eigenvalue weighted by Crippen LogP contribution is -2.56. The third-order valence-electron chi connectivity index (χ3n) is 7.06. The molecule has 0 aliphatic carbocycles. The van der Waals surface area contributed by atoms with Gasteiger partial charge in [0, 0.05) is 24.7 Å². The van der Waals surface area contributed by atoms with Crippen molar-refractivity contribution in [2.45, 2.75) is 71.4 Å². The molecule has 1 N–H and O–H groups in total. The molecule has 0 bridgehead atoms. The Morgan fingerprint density at radius 2 is 1.84 bits per heavy atom. The highest BCUT2D eigenvalue weighted by Crippen LogP contribution is 2.31. The Balaban J connectivity index is 1.43. The Bertz CT molecular complexity index is 740. The maximum atomic E-state index is 12.0. The van der Waals surface area contributed by atoms with Gasteiger partial charge in [-0.1, -0.05) is 25.4 Å². The van der Waals surface area contributed by atoms with Crippen molar-refractivity contribution in [2.24, 2.45) is 11.8 Å². The van der Waals surface area contributed by atoms with Crippen LogP contribution in [0.1, 0.15) is 58.4 Å². The second-order valence-corrected chi connectivity index (χ2v) is 10.6. The van der Waals surface area contributed by atoms with Crippen LogP contribution in [-0.4, -0.2) is 65.2 Å². The van der Waals surface area contributed by atoms with Crippen LogP contribution in [0.3, 0.4) is 0 Å². The minimum absolute atomic E-state index is 0.269. The first-order valence-corrected chi connectivity index (χ1v) is 12.2. The lowest BCUT2D eigenvalue weighted by atomic mass is 9.85. The van der Waals surface area contributed by atoms with Crippen molar-refractivity contribution in [3.8, 4) is 5.75 Å². The number of rotatable bonds is 8. The normalized spacial score (nSPS) is 21.9. The average Bonchev–Trinajstić information content (AvgIpc) is 2.71. The molecule has 3 rings (SSSR count). The Kier molecular flexibility index (Phi) is 8.28. The van der Waals surface area contributed by atoms with E-state index >= 15 is 0 Å². The Morgan fingerprint density at radius 3 is 2.39 bits per heavy atom. The monoisotopic (exact) mass is 450 g/mol. The number of aliphatic carboxylic acids is 1. The first kappa shape index (κ1) is 24.3. The van der Waals surface area contributed by atoms with Crippen molar-refractivity contribution >= 4 is 17.6 Å². The second kappa shape index (κ2) is 10.5. The van der Waals surface area contributed by atoms with E-state index in [0.29, 0.717) is 18.3 Å². The van der Waals surface area contributed by atoms with Gasteiger partial charge in [0.15, 0.2) is 0 Å². The highest BCUT2D eigenvalue weighted by atomic mass is 35.5. The summed E-state index contributed by atoms with van der Waals surface area (Å²) in [6.07, 6.45) is 5.24. The van der Waals surface area contributed by atoms with E-state index in [1.54, 1.807) is 0 Å². The number of likely N-dealkylation sites (tertiary alicyclic amines) is 2. The zero-order valence-corrected chi connectivity index (χ0v) is 20.3. The molecule has 0 radical (unpaired) electrons. The molecule has 2 aliphatic rings. The van der Waals surface area contributed by atoms with E-state index in [9.17, 15) is 9.90 Å². The van der Waals surface area contributed by atoms with Crippen LogP contribution in [0.25, 0.3) is 0 Å². The average molecular weight is 451 g/mol. The van der Waals surface area contributed by atoms with Crippen LogP contribution in [0.5, 0.6) is 5.75 Å². The summed E-state index contributed by atoms with van der Waals surface area (Å²) < 4.78 is 6.24. The number of carboxylic acids is 1. The summed E-state index contributed by atoms with van der Waals surface area (Å²) >= 11 is 6.05. The van der Waals surface area contributed by atoms with E-state index in [-0.39, 0.29) is 6.10 Å². The van der Waals surface area contributed by atoms with Crippen LogP contribution in [0.4, 0.5) is 0 Å². The van der Waals surface area contributed by atoms with Gasteiger partial charge in [0.2, 0.25) is 0 Å². The molecule has 2 saturated heterocycles. The largest absolute Gasteiger partial charge is 0.490 e. The molecule has 5 nitrogen and oxygen atoms in total. The molecule has 2 aliphatic heterocycles. The molecule has 0 saturated carbocycles. The number of piperidine rings is 2. The van der Waals surface area contributed by atoms with Gasteiger partial charge in [0.25, 0.3) is 0 Å². The van der Waals surface area contributed by atoms with Crippen LogP contribution in [0, 0.1) is 18.8 Å². The summed E-state index contributed by atoms with van der Waals surface area (Å²) in [6.45, 7) is 13.2. The minimum atomic E-state index is -0.741.